The number of allylic oxidation sites excluding steroid dienone is 2. The summed E-state index contributed by atoms with van der Waals surface area (Å²) in [6.07, 6.45) is 6.40. The first-order chi connectivity index (χ1) is 16.0. The maximum atomic E-state index is 10.2. The molecule has 33 heavy (non-hydrogen) atoms. The Morgan fingerprint density at radius 2 is 1.91 bits per heavy atom. The smallest absolute Gasteiger partial charge is 0.191 e. The highest BCUT2D eigenvalue weighted by atomic mass is 16.5. The molecule has 7 heteroatoms. The zero-order valence-corrected chi connectivity index (χ0v) is 19.6. The lowest BCUT2D eigenvalue weighted by Crippen LogP contribution is -2.47. The molecule has 172 valence electrons. The summed E-state index contributed by atoms with van der Waals surface area (Å²) < 4.78 is 11.6. The summed E-state index contributed by atoms with van der Waals surface area (Å²) >= 11 is 0. The van der Waals surface area contributed by atoms with Gasteiger partial charge in [-0.05, 0) is 36.7 Å². The van der Waals surface area contributed by atoms with Crippen molar-refractivity contribution in [2.24, 2.45) is 17.1 Å². The first kappa shape index (κ1) is 24.2. The zero-order valence-electron chi connectivity index (χ0n) is 19.6. The van der Waals surface area contributed by atoms with E-state index in [2.05, 4.69) is 30.0 Å². The van der Waals surface area contributed by atoms with E-state index in [4.69, 9.17) is 15.2 Å². The van der Waals surface area contributed by atoms with Gasteiger partial charge in [-0.15, -0.1) is 0 Å². The van der Waals surface area contributed by atoms with E-state index in [-0.39, 0.29) is 17.2 Å². The monoisotopic (exact) mass is 445 g/mol. The van der Waals surface area contributed by atoms with Gasteiger partial charge in [0.05, 0.1) is 37.1 Å². The minimum Gasteiger partial charge on any atom is -0.493 e. The van der Waals surface area contributed by atoms with Crippen LogP contribution >= 0.6 is 0 Å². The van der Waals surface area contributed by atoms with Crippen molar-refractivity contribution >= 4 is 0 Å². The van der Waals surface area contributed by atoms with Gasteiger partial charge in [0.25, 0.3) is 0 Å². The molecule has 0 saturated heterocycles. The minimum absolute atomic E-state index is 0.0299. The fourth-order valence-corrected chi connectivity index (χ4v) is 4.91. The minimum atomic E-state index is -1.65. The fourth-order valence-electron chi connectivity index (χ4n) is 4.91. The lowest BCUT2D eigenvalue weighted by atomic mass is 9.58. The number of nitriles is 3. The number of methoxy groups -OCH3 is 1. The van der Waals surface area contributed by atoms with Crippen molar-refractivity contribution in [2.45, 2.75) is 38.5 Å². The third kappa shape index (κ3) is 4.40. The van der Waals surface area contributed by atoms with Crippen LogP contribution in [0, 0.1) is 45.3 Å². The number of hydrogen-bond acceptors (Lipinski definition) is 7. The number of ether oxygens (including phenoxy) is 2. The van der Waals surface area contributed by atoms with Gasteiger partial charge in [-0.3, -0.25) is 0 Å². The van der Waals surface area contributed by atoms with Crippen LogP contribution < -0.4 is 15.2 Å². The van der Waals surface area contributed by atoms with E-state index in [0.29, 0.717) is 31.2 Å². The molecule has 2 atom stereocenters. The molecule has 0 aromatic heterocycles. The second-order valence-corrected chi connectivity index (χ2v) is 8.72. The molecule has 0 spiro atoms. The van der Waals surface area contributed by atoms with Gasteiger partial charge in [0, 0.05) is 24.9 Å². The topological polar surface area (TPSA) is 119 Å². The van der Waals surface area contributed by atoms with Crippen LogP contribution in [-0.4, -0.2) is 38.8 Å². The Labute approximate surface area is 196 Å². The van der Waals surface area contributed by atoms with Crippen LogP contribution in [0.3, 0.4) is 0 Å². The van der Waals surface area contributed by atoms with Gasteiger partial charge in [-0.1, -0.05) is 38.3 Å². The van der Waals surface area contributed by atoms with Crippen molar-refractivity contribution in [3.05, 3.63) is 46.7 Å². The molecule has 3 rings (SSSR count). The van der Waals surface area contributed by atoms with Gasteiger partial charge in [0.15, 0.2) is 16.9 Å². The first-order valence-electron chi connectivity index (χ1n) is 11.4. The molecule has 1 heterocycles. The Balaban J connectivity index is 2.06. The van der Waals surface area contributed by atoms with E-state index >= 15 is 0 Å². The van der Waals surface area contributed by atoms with E-state index in [1.165, 1.54) is 6.42 Å². The predicted octanol–water partition coefficient (Wildman–Crippen LogP) is 4.01. The molecule has 2 aliphatic rings. The van der Waals surface area contributed by atoms with Gasteiger partial charge in [-0.25, -0.2) is 0 Å². The molecule has 0 fully saturated rings. The molecule has 1 aromatic rings. The summed E-state index contributed by atoms with van der Waals surface area (Å²) in [5, 5.41) is 30.2. The predicted molar refractivity (Wildman–Crippen MR) is 125 cm³/mol. The van der Waals surface area contributed by atoms with E-state index in [1.807, 2.05) is 31.3 Å². The van der Waals surface area contributed by atoms with Crippen molar-refractivity contribution in [3.8, 4) is 29.7 Å². The largest absolute Gasteiger partial charge is 0.493 e. The SMILES string of the molecule is CCCCCCOc1ccc([C@@H]2[C@H]3CN(C)CC=C3C(C#N)=C(N)C2(C#N)C#N)cc1OC. The van der Waals surface area contributed by atoms with E-state index in [0.717, 1.165) is 30.4 Å². The van der Waals surface area contributed by atoms with Crippen molar-refractivity contribution in [1.82, 2.24) is 4.90 Å². The van der Waals surface area contributed by atoms with Crippen molar-refractivity contribution < 1.29 is 9.47 Å². The summed E-state index contributed by atoms with van der Waals surface area (Å²) in [6.45, 7) is 4.05. The van der Waals surface area contributed by atoms with Crippen LogP contribution in [0.25, 0.3) is 0 Å². The number of rotatable bonds is 8. The Morgan fingerprint density at radius 1 is 1.15 bits per heavy atom. The van der Waals surface area contributed by atoms with Crippen molar-refractivity contribution in [3.63, 3.8) is 0 Å². The Hall–Kier alpha value is -3.47. The summed E-state index contributed by atoms with van der Waals surface area (Å²) in [7, 11) is 3.56. The van der Waals surface area contributed by atoms with Gasteiger partial charge in [0.2, 0.25) is 0 Å². The Kier molecular flexibility index (Phi) is 7.64. The maximum absolute atomic E-state index is 10.2. The quantitative estimate of drug-likeness (QED) is 0.600. The first-order valence-corrected chi connectivity index (χ1v) is 11.4. The molecular formula is C26H31N5O2. The van der Waals surface area contributed by atoms with Gasteiger partial charge in [0.1, 0.15) is 6.07 Å². The van der Waals surface area contributed by atoms with Gasteiger partial charge < -0.3 is 20.1 Å². The highest BCUT2D eigenvalue weighted by Gasteiger charge is 2.54. The lowest BCUT2D eigenvalue weighted by molar-refractivity contribution is 0.237. The van der Waals surface area contributed by atoms with E-state index in [9.17, 15) is 15.8 Å². The number of nitrogens with two attached hydrogens (primary N) is 1. The third-order valence-corrected chi connectivity index (χ3v) is 6.65. The Bertz CT molecular complexity index is 1060. The number of benzene rings is 1. The number of hydrogen-bond donors (Lipinski definition) is 1. The molecule has 1 aromatic carbocycles. The summed E-state index contributed by atoms with van der Waals surface area (Å²) in [6, 6.07) is 12.1. The molecule has 0 radical (unpaired) electrons. The van der Waals surface area contributed by atoms with Crippen molar-refractivity contribution in [1.29, 1.82) is 15.8 Å². The molecule has 1 aliphatic carbocycles. The molecule has 0 saturated carbocycles. The van der Waals surface area contributed by atoms with Crippen LogP contribution in [0.1, 0.15) is 44.1 Å². The van der Waals surface area contributed by atoms with Gasteiger partial charge in [-0.2, -0.15) is 15.8 Å². The number of nitrogens with zero attached hydrogens (tertiary/aromatic N) is 4. The zero-order chi connectivity index (χ0) is 24.0. The highest BCUT2D eigenvalue weighted by molar-refractivity contribution is 5.60. The van der Waals surface area contributed by atoms with Crippen LogP contribution in [0.4, 0.5) is 0 Å². The average Bonchev–Trinajstić information content (AvgIpc) is 2.83. The van der Waals surface area contributed by atoms with E-state index < -0.39 is 11.3 Å². The average molecular weight is 446 g/mol. The molecule has 7 nitrogen and oxygen atoms in total. The molecule has 2 N–H and O–H groups in total. The van der Waals surface area contributed by atoms with Crippen LogP contribution in [0.2, 0.25) is 0 Å². The summed E-state index contributed by atoms with van der Waals surface area (Å²) in [5.74, 6) is 0.406. The third-order valence-electron chi connectivity index (χ3n) is 6.65. The van der Waals surface area contributed by atoms with Crippen LogP contribution in [0.15, 0.2) is 41.1 Å². The number of likely N-dealkylation sites (N-methyl/N-ethyl adjacent to an activating group) is 1. The van der Waals surface area contributed by atoms with Crippen LogP contribution in [0.5, 0.6) is 11.5 Å². The molecular weight excluding hydrogens is 414 g/mol. The lowest BCUT2D eigenvalue weighted by Gasteiger charge is -2.45. The molecule has 0 amide bonds. The van der Waals surface area contributed by atoms with Crippen LogP contribution in [-0.2, 0) is 0 Å². The molecule has 1 aliphatic heterocycles. The normalized spacial score (nSPS) is 21.8. The molecule has 0 bridgehead atoms. The molecule has 0 unspecified atom stereocenters. The summed E-state index contributed by atoms with van der Waals surface area (Å²) in [4.78, 5) is 2.11. The standard InChI is InChI=1S/C26H31N5O2/c1-4-5-6-7-12-33-22-9-8-18(13-23(22)32-3)24-21-15-31(2)11-10-19(21)20(14-27)25(30)26(24,16-28)17-29/h8-10,13,21,24H,4-7,11-12,15,30H2,1-3H3/t21-,24+/m0/s1. The van der Waals surface area contributed by atoms with Gasteiger partial charge >= 0.3 is 0 Å². The summed E-state index contributed by atoms with van der Waals surface area (Å²) in [5.41, 5.74) is 6.58. The number of fused-ring (bicyclic) bond motifs is 1. The second kappa shape index (κ2) is 10.4. The highest BCUT2D eigenvalue weighted by Crippen LogP contribution is 2.54. The van der Waals surface area contributed by atoms with E-state index in [1.54, 1.807) is 7.11 Å². The van der Waals surface area contributed by atoms with Crippen molar-refractivity contribution in [2.75, 3.05) is 33.9 Å². The maximum Gasteiger partial charge on any atom is 0.191 e. The number of unbranched alkanes of at least 4 members (excludes halogenated alkanes) is 3. The fraction of sp³-hybridized carbons (Fsp3) is 0.500. The Morgan fingerprint density at radius 3 is 2.55 bits per heavy atom. The second-order valence-electron chi connectivity index (χ2n) is 8.72.